The first-order chi connectivity index (χ1) is 14.6. The van der Waals surface area contributed by atoms with Crippen molar-refractivity contribution >= 4 is 28.3 Å². The molecular formula is C27H32N2O2. The van der Waals surface area contributed by atoms with Crippen molar-refractivity contribution in [2.75, 3.05) is 5.32 Å². The largest absolute Gasteiger partial charge is 0.344 e. The maximum Gasteiger partial charge on any atom is 0.247 e. The lowest BCUT2D eigenvalue weighted by molar-refractivity contribution is -0.127. The number of hydrogen-bond donors (Lipinski definition) is 2. The lowest BCUT2D eigenvalue weighted by Gasteiger charge is -2.23. The van der Waals surface area contributed by atoms with E-state index < -0.39 is 6.04 Å². The van der Waals surface area contributed by atoms with E-state index in [1.165, 1.54) is 5.56 Å². The maximum atomic E-state index is 12.9. The van der Waals surface area contributed by atoms with Gasteiger partial charge in [-0.3, -0.25) is 9.59 Å². The summed E-state index contributed by atoms with van der Waals surface area (Å²) in [6.45, 7) is 10.3. The molecular weight excluding hydrogens is 384 g/mol. The lowest BCUT2D eigenvalue weighted by Crippen LogP contribution is -2.47. The van der Waals surface area contributed by atoms with Gasteiger partial charge < -0.3 is 10.6 Å². The summed E-state index contributed by atoms with van der Waals surface area (Å²) in [6.07, 6.45) is 0.234. The van der Waals surface area contributed by atoms with Gasteiger partial charge in [0.25, 0.3) is 0 Å². The van der Waals surface area contributed by atoms with Crippen LogP contribution in [0.2, 0.25) is 0 Å². The van der Waals surface area contributed by atoms with Gasteiger partial charge in [-0.25, -0.2) is 0 Å². The van der Waals surface area contributed by atoms with Gasteiger partial charge in [-0.05, 0) is 45.4 Å². The van der Waals surface area contributed by atoms with Crippen molar-refractivity contribution in [3.63, 3.8) is 0 Å². The minimum atomic E-state index is -0.607. The van der Waals surface area contributed by atoms with Crippen molar-refractivity contribution in [2.24, 2.45) is 5.92 Å². The topological polar surface area (TPSA) is 58.2 Å². The molecule has 0 aliphatic heterocycles. The van der Waals surface area contributed by atoms with Gasteiger partial charge in [0.2, 0.25) is 11.8 Å². The second-order valence-corrected chi connectivity index (χ2v) is 9.42. The first-order valence-electron chi connectivity index (χ1n) is 10.8. The highest BCUT2D eigenvalue weighted by Gasteiger charge is 2.24. The van der Waals surface area contributed by atoms with Gasteiger partial charge in [-0.15, -0.1) is 0 Å². The van der Waals surface area contributed by atoms with E-state index in [4.69, 9.17) is 0 Å². The number of carbonyl (C=O) groups excluding carboxylic acids is 2. The number of benzene rings is 3. The maximum absolute atomic E-state index is 12.9. The molecule has 0 aromatic heterocycles. The first-order valence-corrected chi connectivity index (χ1v) is 10.8. The predicted molar refractivity (Wildman–Crippen MR) is 128 cm³/mol. The Morgan fingerprint density at radius 1 is 0.871 bits per heavy atom. The summed E-state index contributed by atoms with van der Waals surface area (Å²) in [6, 6.07) is 21.2. The average molecular weight is 417 g/mol. The second kappa shape index (κ2) is 9.34. The standard InChI is InChI=1S/C27H32N2O2/c1-18(2)25(26(31)28-22-15-13-21(14-16-22)27(3,4)5)29-24(30)17-20-11-8-10-19-9-6-7-12-23(19)20/h6-16,18,25H,17H2,1-5H3,(H,28,31)(H,29,30)/t25-/m0/s1. The van der Waals surface area contributed by atoms with E-state index in [0.717, 1.165) is 22.0 Å². The molecule has 2 N–H and O–H groups in total. The molecule has 4 heteroatoms. The summed E-state index contributed by atoms with van der Waals surface area (Å²) in [5.74, 6) is -0.400. The van der Waals surface area contributed by atoms with Crippen molar-refractivity contribution in [1.82, 2.24) is 5.32 Å². The van der Waals surface area contributed by atoms with Crippen LogP contribution in [0.25, 0.3) is 10.8 Å². The van der Waals surface area contributed by atoms with Gasteiger partial charge >= 0.3 is 0 Å². The van der Waals surface area contributed by atoms with Crippen LogP contribution < -0.4 is 10.6 Å². The van der Waals surface area contributed by atoms with Crippen LogP contribution in [0.4, 0.5) is 5.69 Å². The molecule has 0 fully saturated rings. The molecule has 0 aliphatic rings. The van der Waals surface area contributed by atoms with Gasteiger partial charge in [0.15, 0.2) is 0 Å². The van der Waals surface area contributed by atoms with Gasteiger partial charge in [0.1, 0.15) is 6.04 Å². The van der Waals surface area contributed by atoms with Crippen LogP contribution in [0.1, 0.15) is 45.7 Å². The normalized spacial score (nSPS) is 12.6. The van der Waals surface area contributed by atoms with Gasteiger partial charge in [0.05, 0.1) is 6.42 Å². The number of rotatable bonds is 6. The summed E-state index contributed by atoms with van der Waals surface area (Å²) < 4.78 is 0. The Morgan fingerprint density at radius 2 is 1.52 bits per heavy atom. The lowest BCUT2D eigenvalue weighted by atomic mass is 9.87. The summed E-state index contributed by atoms with van der Waals surface area (Å²) in [4.78, 5) is 25.7. The van der Waals surface area contributed by atoms with E-state index in [-0.39, 0.29) is 29.6 Å². The van der Waals surface area contributed by atoms with Crippen molar-refractivity contribution < 1.29 is 9.59 Å². The van der Waals surface area contributed by atoms with Crippen molar-refractivity contribution in [2.45, 2.75) is 52.5 Å². The van der Waals surface area contributed by atoms with E-state index in [1.807, 2.05) is 80.6 Å². The molecule has 0 saturated carbocycles. The molecule has 3 rings (SSSR count). The van der Waals surface area contributed by atoms with E-state index in [0.29, 0.717) is 0 Å². The van der Waals surface area contributed by atoms with Crippen LogP contribution in [0, 0.1) is 5.92 Å². The molecule has 0 unspecified atom stereocenters. The van der Waals surface area contributed by atoms with E-state index in [1.54, 1.807) is 0 Å². The third kappa shape index (κ3) is 5.72. The van der Waals surface area contributed by atoms with E-state index >= 15 is 0 Å². The van der Waals surface area contributed by atoms with E-state index in [2.05, 4.69) is 31.4 Å². The minimum absolute atomic E-state index is 0.0367. The number of fused-ring (bicyclic) bond motifs is 1. The van der Waals surface area contributed by atoms with Gasteiger partial charge in [-0.2, -0.15) is 0 Å². The van der Waals surface area contributed by atoms with Gasteiger partial charge in [0, 0.05) is 5.69 Å². The Balaban J connectivity index is 1.68. The molecule has 0 spiro atoms. The average Bonchev–Trinajstić information content (AvgIpc) is 2.72. The second-order valence-electron chi connectivity index (χ2n) is 9.42. The molecule has 0 heterocycles. The predicted octanol–water partition coefficient (Wildman–Crippen LogP) is 5.46. The third-order valence-electron chi connectivity index (χ3n) is 5.52. The quantitative estimate of drug-likeness (QED) is 0.561. The number of carbonyl (C=O) groups is 2. The molecule has 1 atom stereocenters. The highest BCUT2D eigenvalue weighted by atomic mass is 16.2. The van der Waals surface area contributed by atoms with Crippen LogP contribution in [0.3, 0.4) is 0 Å². The van der Waals surface area contributed by atoms with Crippen LogP contribution in [-0.2, 0) is 21.4 Å². The molecule has 0 aliphatic carbocycles. The zero-order valence-corrected chi connectivity index (χ0v) is 19.0. The first kappa shape index (κ1) is 22.5. The summed E-state index contributed by atoms with van der Waals surface area (Å²) in [7, 11) is 0. The molecule has 0 bridgehead atoms. The Labute approximate surface area is 185 Å². The highest BCUT2D eigenvalue weighted by molar-refractivity contribution is 5.98. The Hall–Kier alpha value is -3.14. The minimum Gasteiger partial charge on any atom is -0.344 e. The number of amides is 2. The fourth-order valence-corrected chi connectivity index (χ4v) is 3.65. The molecule has 4 nitrogen and oxygen atoms in total. The fourth-order valence-electron chi connectivity index (χ4n) is 3.65. The van der Waals surface area contributed by atoms with Gasteiger partial charge in [-0.1, -0.05) is 89.2 Å². The molecule has 31 heavy (non-hydrogen) atoms. The smallest absolute Gasteiger partial charge is 0.247 e. The van der Waals surface area contributed by atoms with Crippen LogP contribution in [0.15, 0.2) is 66.7 Å². The number of nitrogens with one attached hydrogen (secondary N) is 2. The summed E-state index contributed by atoms with van der Waals surface area (Å²) in [5, 5.41) is 8.04. The zero-order valence-electron chi connectivity index (χ0n) is 19.0. The Bertz CT molecular complexity index is 1060. The molecule has 3 aromatic carbocycles. The van der Waals surface area contributed by atoms with E-state index in [9.17, 15) is 9.59 Å². The van der Waals surface area contributed by atoms with Crippen molar-refractivity contribution in [3.05, 3.63) is 77.9 Å². The molecule has 3 aromatic rings. The monoisotopic (exact) mass is 416 g/mol. The van der Waals surface area contributed by atoms with Crippen molar-refractivity contribution in [3.8, 4) is 0 Å². The number of hydrogen-bond acceptors (Lipinski definition) is 2. The SMILES string of the molecule is CC(C)[C@H](NC(=O)Cc1cccc2ccccc12)C(=O)Nc1ccc(C(C)(C)C)cc1. The molecule has 2 amide bonds. The third-order valence-corrected chi connectivity index (χ3v) is 5.52. The highest BCUT2D eigenvalue weighted by Crippen LogP contribution is 2.24. The molecule has 0 saturated heterocycles. The zero-order chi connectivity index (χ0) is 22.6. The van der Waals surface area contributed by atoms with Crippen LogP contribution >= 0.6 is 0 Å². The van der Waals surface area contributed by atoms with Crippen LogP contribution in [-0.4, -0.2) is 17.9 Å². The van der Waals surface area contributed by atoms with Crippen LogP contribution in [0.5, 0.6) is 0 Å². The Morgan fingerprint density at radius 3 is 2.16 bits per heavy atom. The summed E-state index contributed by atoms with van der Waals surface area (Å²) in [5.41, 5.74) is 2.94. The fraction of sp³-hybridized carbons (Fsp3) is 0.333. The molecule has 0 radical (unpaired) electrons. The van der Waals surface area contributed by atoms with Crippen molar-refractivity contribution in [1.29, 1.82) is 0 Å². The number of anilines is 1. The molecule has 162 valence electrons. The Kier molecular flexibility index (Phi) is 6.79. The summed E-state index contributed by atoms with van der Waals surface area (Å²) >= 11 is 0.